The Morgan fingerprint density at radius 2 is 1.63 bits per heavy atom. The minimum Gasteiger partial charge on any atom is -0.340 e. The van der Waals surface area contributed by atoms with E-state index >= 15 is 0 Å². The lowest BCUT2D eigenvalue weighted by Gasteiger charge is -2.22. The van der Waals surface area contributed by atoms with Crippen molar-refractivity contribution in [1.82, 2.24) is 10.6 Å². The van der Waals surface area contributed by atoms with Gasteiger partial charge in [0.2, 0.25) is 5.91 Å². The average molecular weight is 424 g/mol. The molecule has 2 atom stereocenters. The van der Waals surface area contributed by atoms with Crippen LogP contribution in [-0.2, 0) is 4.79 Å². The summed E-state index contributed by atoms with van der Waals surface area (Å²) in [6.07, 6.45) is 3.04. The Balaban J connectivity index is 2.07. The monoisotopic (exact) mass is 423 g/mol. The van der Waals surface area contributed by atoms with Crippen molar-refractivity contribution in [3.8, 4) is 17.2 Å². The van der Waals surface area contributed by atoms with Crippen molar-refractivity contribution in [2.24, 2.45) is 5.92 Å². The van der Waals surface area contributed by atoms with Crippen LogP contribution in [-0.4, -0.2) is 35.9 Å². The Morgan fingerprint density at radius 3 is 2.20 bits per heavy atom. The van der Waals surface area contributed by atoms with Gasteiger partial charge in [-0.05, 0) is 54.0 Å². The number of amides is 2. The molecule has 2 rings (SSSR count). The number of hydrogen-bond donors (Lipinski definition) is 2. The minimum atomic E-state index is -0.684. The van der Waals surface area contributed by atoms with Crippen LogP contribution < -0.4 is 10.6 Å². The van der Waals surface area contributed by atoms with Gasteiger partial charge >= 0.3 is 0 Å². The summed E-state index contributed by atoms with van der Waals surface area (Å²) < 4.78 is 0. The van der Waals surface area contributed by atoms with E-state index in [1.165, 1.54) is 0 Å². The minimum absolute atomic E-state index is 0.216. The molecule has 5 nitrogen and oxygen atoms in total. The van der Waals surface area contributed by atoms with Gasteiger partial charge in [0.15, 0.2) is 0 Å². The molecule has 0 heterocycles. The summed E-state index contributed by atoms with van der Waals surface area (Å²) in [5.41, 5.74) is 2.60. The van der Waals surface area contributed by atoms with Crippen LogP contribution >= 0.6 is 11.8 Å². The number of nitrogens with zero attached hydrogens (tertiary/aromatic N) is 1. The van der Waals surface area contributed by atoms with Gasteiger partial charge in [0, 0.05) is 5.56 Å². The molecular weight excluding hydrogens is 394 g/mol. The molecule has 30 heavy (non-hydrogen) atoms. The predicted octanol–water partition coefficient (Wildman–Crippen LogP) is 4.26. The standard InChI is InChI=1S/C24H29N3O2S/c1-17(2)15-22(24(29)26-21(16-25)13-14-30-3)27-23(28)20-11-9-19(10-12-20)18-7-5-4-6-8-18/h4-12,17,21-22H,13-15H2,1-3H3,(H,26,29)(H,27,28)/t21-,22-/m0/s1. The largest absolute Gasteiger partial charge is 0.340 e. The molecule has 0 fully saturated rings. The summed E-state index contributed by atoms with van der Waals surface area (Å²) in [5, 5.41) is 14.9. The normalized spacial score (nSPS) is 12.6. The van der Waals surface area contributed by atoms with Crippen molar-refractivity contribution < 1.29 is 9.59 Å². The molecule has 0 saturated heterocycles. The van der Waals surface area contributed by atoms with E-state index in [9.17, 15) is 14.9 Å². The van der Waals surface area contributed by atoms with Crippen LogP contribution in [0.3, 0.4) is 0 Å². The van der Waals surface area contributed by atoms with Gasteiger partial charge in [0.25, 0.3) is 5.91 Å². The highest BCUT2D eigenvalue weighted by Gasteiger charge is 2.24. The molecule has 0 saturated carbocycles. The van der Waals surface area contributed by atoms with E-state index in [0.29, 0.717) is 18.4 Å². The fourth-order valence-electron chi connectivity index (χ4n) is 3.07. The van der Waals surface area contributed by atoms with Crippen LogP contribution in [0.4, 0.5) is 0 Å². The molecule has 0 aromatic heterocycles. The summed E-state index contributed by atoms with van der Waals surface area (Å²) in [7, 11) is 0. The molecule has 0 bridgehead atoms. The van der Waals surface area contributed by atoms with E-state index in [1.807, 2.05) is 62.6 Å². The van der Waals surface area contributed by atoms with Gasteiger partial charge < -0.3 is 10.6 Å². The molecular formula is C24H29N3O2S. The number of carbonyl (C=O) groups excluding carboxylic acids is 2. The molecule has 2 N–H and O–H groups in total. The molecule has 0 unspecified atom stereocenters. The number of benzene rings is 2. The van der Waals surface area contributed by atoms with Crippen molar-refractivity contribution >= 4 is 23.6 Å². The Kier molecular flexibility index (Phi) is 9.43. The van der Waals surface area contributed by atoms with E-state index in [-0.39, 0.29) is 17.7 Å². The summed E-state index contributed by atoms with van der Waals surface area (Å²) in [5.74, 6) is 0.389. The van der Waals surface area contributed by atoms with Crippen molar-refractivity contribution in [3.63, 3.8) is 0 Å². The number of hydrogen-bond acceptors (Lipinski definition) is 4. The SMILES string of the molecule is CSCC[C@@H](C#N)NC(=O)[C@H](CC(C)C)NC(=O)c1ccc(-c2ccccc2)cc1. The number of carbonyl (C=O) groups is 2. The second-order valence-corrected chi connectivity index (χ2v) is 8.56. The Hall–Kier alpha value is -2.78. The first kappa shape index (κ1) is 23.5. The summed E-state index contributed by atoms with van der Waals surface area (Å²) >= 11 is 1.63. The van der Waals surface area contributed by atoms with Gasteiger partial charge in [-0.1, -0.05) is 56.3 Å². The van der Waals surface area contributed by atoms with Gasteiger partial charge in [-0.2, -0.15) is 17.0 Å². The molecule has 0 aliphatic carbocycles. The van der Waals surface area contributed by atoms with Crippen molar-refractivity contribution in [3.05, 3.63) is 60.2 Å². The summed E-state index contributed by atoms with van der Waals surface area (Å²) in [4.78, 5) is 25.5. The first-order valence-electron chi connectivity index (χ1n) is 10.1. The van der Waals surface area contributed by atoms with Gasteiger partial charge in [-0.3, -0.25) is 9.59 Å². The van der Waals surface area contributed by atoms with E-state index < -0.39 is 12.1 Å². The molecule has 6 heteroatoms. The zero-order chi connectivity index (χ0) is 21.9. The molecule has 0 radical (unpaired) electrons. The molecule has 0 spiro atoms. The van der Waals surface area contributed by atoms with Crippen molar-refractivity contribution in [1.29, 1.82) is 5.26 Å². The lowest BCUT2D eigenvalue weighted by Crippen LogP contribution is -2.50. The molecule has 2 amide bonds. The first-order valence-corrected chi connectivity index (χ1v) is 11.5. The zero-order valence-corrected chi connectivity index (χ0v) is 18.5. The number of nitriles is 1. The van der Waals surface area contributed by atoms with Crippen LogP contribution in [0.25, 0.3) is 11.1 Å². The third kappa shape index (κ3) is 7.23. The number of thioether (sulfide) groups is 1. The molecule has 0 aliphatic rings. The smallest absolute Gasteiger partial charge is 0.251 e. The molecule has 0 aliphatic heterocycles. The molecule has 2 aromatic carbocycles. The maximum absolute atomic E-state index is 12.8. The Bertz CT molecular complexity index is 860. The lowest BCUT2D eigenvalue weighted by atomic mass is 10.0. The summed E-state index contributed by atoms with van der Waals surface area (Å²) in [6, 6.07) is 18.1. The van der Waals surface area contributed by atoms with E-state index in [0.717, 1.165) is 16.9 Å². The number of nitrogens with one attached hydrogen (secondary N) is 2. The highest BCUT2D eigenvalue weighted by Crippen LogP contribution is 2.19. The van der Waals surface area contributed by atoms with Gasteiger partial charge in [-0.25, -0.2) is 0 Å². The second-order valence-electron chi connectivity index (χ2n) is 7.57. The second kappa shape index (κ2) is 12.0. The molecule has 2 aromatic rings. The topological polar surface area (TPSA) is 82.0 Å². The highest BCUT2D eigenvalue weighted by atomic mass is 32.2. The van der Waals surface area contributed by atoms with Crippen LogP contribution in [0.5, 0.6) is 0 Å². The van der Waals surface area contributed by atoms with E-state index in [4.69, 9.17) is 0 Å². The first-order chi connectivity index (χ1) is 14.4. The van der Waals surface area contributed by atoms with Gasteiger partial charge in [0.1, 0.15) is 12.1 Å². The predicted molar refractivity (Wildman–Crippen MR) is 123 cm³/mol. The number of rotatable bonds is 10. The van der Waals surface area contributed by atoms with E-state index in [2.05, 4.69) is 16.7 Å². The van der Waals surface area contributed by atoms with Gasteiger partial charge in [-0.15, -0.1) is 0 Å². The lowest BCUT2D eigenvalue weighted by molar-refractivity contribution is -0.123. The summed E-state index contributed by atoms with van der Waals surface area (Å²) in [6.45, 7) is 3.99. The van der Waals surface area contributed by atoms with Crippen LogP contribution in [0, 0.1) is 17.2 Å². The highest BCUT2D eigenvalue weighted by molar-refractivity contribution is 7.98. The average Bonchev–Trinajstić information content (AvgIpc) is 2.76. The van der Waals surface area contributed by atoms with Gasteiger partial charge in [0.05, 0.1) is 6.07 Å². The maximum atomic E-state index is 12.8. The van der Waals surface area contributed by atoms with E-state index in [1.54, 1.807) is 23.9 Å². The van der Waals surface area contributed by atoms with Crippen molar-refractivity contribution in [2.75, 3.05) is 12.0 Å². The van der Waals surface area contributed by atoms with Crippen LogP contribution in [0.1, 0.15) is 37.0 Å². The zero-order valence-electron chi connectivity index (χ0n) is 17.7. The Labute approximate surface area is 183 Å². The third-order valence-electron chi connectivity index (χ3n) is 4.67. The van der Waals surface area contributed by atoms with Crippen LogP contribution in [0.15, 0.2) is 54.6 Å². The van der Waals surface area contributed by atoms with Crippen LogP contribution in [0.2, 0.25) is 0 Å². The van der Waals surface area contributed by atoms with Crippen molar-refractivity contribution in [2.45, 2.75) is 38.8 Å². The Morgan fingerprint density at radius 1 is 1.00 bits per heavy atom. The third-order valence-corrected chi connectivity index (χ3v) is 5.31. The fraction of sp³-hybridized carbons (Fsp3) is 0.375. The quantitative estimate of drug-likeness (QED) is 0.598. The maximum Gasteiger partial charge on any atom is 0.251 e. The molecule has 158 valence electrons. The fourth-order valence-corrected chi connectivity index (χ4v) is 3.54.